The summed E-state index contributed by atoms with van der Waals surface area (Å²) in [6.07, 6.45) is 0.425. The number of carbonyl (C=O) groups is 2. The standard InChI is InChI=1S/C29H33ClN2O3S/c1-21(2)31-29(34)27(17-22-9-5-4-6-10-22)32(18-23-11-8-14-26(16-23)35-3)28(33)20-36-19-24-12-7-13-25(30)15-24/h4-16,21,27H,17-20H2,1-3H3,(H,31,34)/t27-/m0/s1. The van der Waals surface area contributed by atoms with Gasteiger partial charge in [-0.2, -0.15) is 0 Å². The van der Waals surface area contributed by atoms with Gasteiger partial charge in [-0.15, -0.1) is 11.8 Å². The molecule has 2 amide bonds. The number of nitrogens with zero attached hydrogens (tertiary/aromatic N) is 1. The van der Waals surface area contributed by atoms with Crippen LogP contribution in [0.2, 0.25) is 5.02 Å². The molecule has 3 aromatic carbocycles. The highest BCUT2D eigenvalue weighted by molar-refractivity contribution is 7.99. The number of ether oxygens (including phenoxy) is 1. The molecular weight excluding hydrogens is 492 g/mol. The summed E-state index contributed by atoms with van der Waals surface area (Å²) >= 11 is 7.62. The molecule has 0 saturated heterocycles. The summed E-state index contributed by atoms with van der Waals surface area (Å²) in [5, 5.41) is 3.69. The van der Waals surface area contributed by atoms with Crippen LogP contribution in [-0.4, -0.2) is 41.7 Å². The smallest absolute Gasteiger partial charge is 0.243 e. The number of halogens is 1. The molecule has 0 aliphatic heterocycles. The lowest BCUT2D eigenvalue weighted by atomic mass is 10.0. The van der Waals surface area contributed by atoms with E-state index in [-0.39, 0.29) is 23.6 Å². The number of amides is 2. The van der Waals surface area contributed by atoms with Crippen molar-refractivity contribution in [3.8, 4) is 5.75 Å². The second-order valence-corrected chi connectivity index (χ2v) is 10.3. The van der Waals surface area contributed by atoms with Crippen molar-refractivity contribution in [2.75, 3.05) is 12.9 Å². The number of thioether (sulfide) groups is 1. The van der Waals surface area contributed by atoms with Gasteiger partial charge in [-0.1, -0.05) is 66.2 Å². The van der Waals surface area contributed by atoms with Crippen molar-refractivity contribution >= 4 is 35.2 Å². The second kappa shape index (κ2) is 14.0. The van der Waals surface area contributed by atoms with E-state index < -0.39 is 6.04 Å². The van der Waals surface area contributed by atoms with Crippen molar-refractivity contribution in [1.29, 1.82) is 0 Å². The molecule has 0 saturated carbocycles. The number of hydrogen-bond acceptors (Lipinski definition) is 4. The number of benzene rings is 3. The monoisotopic (exact) mass is 524 g/mol. The summed E-state index contributed by atoms with van der Waals surface area (Å²) in [6, 6.07) is 24.3. The lowest BCUT2D eigenvalue weighted by Gasteiger charge is -2.32. The number of rotatable bonds is 12. The minimum Gasteiger partial charge on any atom is -0.497 e. The Morgan fingerprint density at radius 1 is 0.944 bits per heavy atom. The van der Waals surface area contributed by atoms with Crippen molar-refractivity contribution in [2.45, 2.75) is 44.6 Å². The molecule has 7 heteroatoms. The third-order valence-corrected chi connectivity index (χ3v) is 6.80. The molecule has 0 bridgehead atoms. The van der Waals surface area contributed by atoms with Gasteiger partial charge in [0.2, 0.25) is 11.8 Å². The van der Waals surface area contributed by atoms with Gasteiger partial charge in [0.15, 0.2) is 0 Å². The Balaban J connectivity index is 1.86. The molecule has 0 aliphatic carbocycles. The first kappa shape index (κ1) is 27.6. The fourth-order valence-corrected chi connectivity index (χ4v) is 4.94. The maximum absolute atomic E-state index is 13.6. The molecule has 190 valence electrons. The molecule has 0 unspecified atom stereocenters. The predicted molar refractivity (Wildman–Crippen MR) is 148 cm³/mol. The van der Waals surface area contributed by atoms with Crippen molar-refractivity contribution < 1.29 is 14.3 Å². The third-order valence-electron chi connectivity index (χ3n) is 5.57. The zero-order valence-corrected chi connectivity index (χ0v) is 22.5. The summed E-state index contributed by atoms with van der Waals surface area (Å²) < 4.78 is 5.38. The first-order valence-corrected chi connectivity index (χ1v) is 13.5. The third kappa shape index (κ3) is 8.61. The highest BCUT2D eigenvalue weighted by atomic mass is 35.5. The normalized spacial score (nSPS) is 11.7. The maximum Gasteiger partial charge on any atom is 0.243 e. The van der Waals surface area contributed by atoms with Gasteiger partial charge < -0.3 is 15.0 Å². The number of nitrogens with one attached hydrogen (secondary N) is 1. The Hall–Kier alpha value is -2.96. The first-order chi connectivity index (χ1) is 17.4. The average Bonchev–Trinajstić information content (AvgIpc) is 2.86. The highest BCUT2D eigenvalue weighted by Crippen LogP contribution is 2.21. The number of methoxy groups -OCH3 is 1. The summed E-state index contributed by atoms with van der Waals surface area (Å²) in [5.41, 5.74) is 2.95. The van der Waals surface area contributed by atoms with E-state index in [4.69, 9.17) is 16.3 Å². The Kier molecular flexibility index (Phi) is 10.7. The van der Waals surface area contributed by atoms with Gasteiger partial charge in [0.1, 0.15) is 11.8 Å². The van der Waals surface area contributed by atoms with Crippen LogP contribution in [0.1, 0.15) is 30.5 Å². The van der Waals surface area contributed by atoms with Gasteiger partial charge in [-0.3, -0.25) is 9.59 Å². The Bertz CT molecular complexity index is 1140. The molecule has 0 radical (unpaired) electrons. The zero-order valence-electron chi connectivity index (χ0n) is 20.9. The maximum atomic E-state index is 13.6. The average molecular weight is 525 g/mol. The Labute approximate surface area is 223 Å². The molecule has 0 aromatic heterocycles. The van der Waals surface area contributed by atoms with Gasteiger partial charge in [0, 0.05) is 29.8 Å². The van der Waals surface area contributed by atoms with Gasteiger partial charge in [-0.05, 0) is 54.8 Å². The molecular formula is C29H33ClN2O3S. The van der Waals surface area contributed by atoms with Crippen LogP contribution < -0.4 is 10.1 Å². The molecule has 3 rings (SSSR count). The zero-order chi connectivity index (χ0) is 25.9. The van der Waals surface area contributed by atoms with Gasteiger partial charge in [-0.25, -0.2) is 0 Å². The van der Waals surface area contributed by atoms with Crippen LogP contribution in [0.25, 0.3) is 0 Å². The molecule has 36 heavy (non-hydrogen) atoms. The summed E-state index contributed by atoms with van der Waals surface area (Å²) in [4.78, 5) is 28.7. The van der Waals surface area contributed by atoms with Crippen LogP contribution in [0.4, 0.5) is 0 Å². The molecule has 3 aromatic rings. The Morgan fingerprint density at radius 3 is 2.33 bits per heavy atom. The van der Waals surface area contributed by atoms with E-state index in [9.17, 15) is 9.59 Å². The topological polar surface area (TPSA) is 58.6 Å². The van der Waals surface area contributed by atoms with E-state index >= 15 is 0 Å². The van der Waals surface area contributed by atoms with Crippen molar-refractivity contribution in [3.05, 3.63) is 101 Å². The van der Waals surface area contributed by atoms with E-state index in [0.29, 0.717) is 29.5 Å². The van der Waals surface area contributed by atoms with E-state index in [0.717, 1.165) is 16.7 Å². The lowest BCUT2D eigenvalue weighted by molar-refractivity contribution is -0.139. The summed E-state index contributed by atoms with van der Waals surface area (Å²) in [5.74, 6) is 1.36. The summed E-state index contributed by atoms with van der Waals surface area (Å²) in [7, 11) is 1.61. The minimum absolute atomic E-state index is 0.0400. The lowest BCUT2D eigenvalue weighted by Crippen LogP contribution is -2.52. The van der Waals surface area contributed by atoms with Gasteiger partial charge in [0.05, 0.1) is 12.9 Å². The van der Waals surface area contributed by atoms with E-state index in [1.807, 2.05) is 92.7 Å². The molecule has 1 N–H and O–H groups in total. The molecule has 0 spiro atoms. The fraction of sp³-hybridized carbons (Fsp3) is 0.310. The minimum atomic E-state index is -0.653. The van der Waals surface area contributed by atoms with Gasteiger partial charge >= 0.3 is 0 Å². The van der Waals surface area contributed by atoms with Crippen LogP contribution in [0.15, 0.2) is 78.9 Å². The van der Waals surface area contributed by atoms with Crippen LogP contribution in [-0.2, 0) is 28.3 Å². The first-order valence-electron chi connectivity index (χ1n) is 11.9. The predicted octanol–water partition coefficient (Wildman–Crippen LogP) is 5.75. The van der Waals surface area contributed by atoms with E-state index in [2.05, 4.69) is 5.32 Å². The van der Waals surface area contributed by atoms with Crippen molar-refractivity contribution in [3.63, 3.8) is 0 Å². The number of hydrogen-bond donors (Lipinski definition) is 1. The van der Waals surface area contributed by atoms with E-state index in [1.165, 1.54) is 11.8 Å². The van der Waals surface area contributed by atoms with Crippen LogP contribution in [0, 0.1) is 0 Å². The molecule has 5 nitrogen and oxygen atoms in total. The van der Waals surface area contributed by atoms with Crippen LogP contribution >= 0.6 is 23.4 Å². The highest BCUT2D eigenvalue weighted by Gasteiger charge is 2.30. The van der Waals surface area contributed by atoms with Crippen LogP contribution in [0.5, 0.6) is 5.75 Å². The van der Waals surface area contributed by atoms with Crippen molar-refractivity contribution in [2.24, 2.45) is 0 Å². The number of carbonyl (C=O) groups excluding carboxylic acids is 2. The molecule has 0 fully saturated rings. The van der Waals surface area contributed by atoms with E-state index in [1.54, 1.807) is 12.0 Å². The summed E-state index contributed by atoms with van der Waals surface area (Å²) in [6.45, 7) is 4.15. The van der Waals surface area contributed by atoms with Crippen molar-refractivity contribution in [1.82, 2.24) is 10.2 Å². The Morgan fingerprint density at radius 2 is 1.64 bits per heavy atom. The van der Waals surface area contributed by atoms with Gasteiger partial charge in [0.25, 0.3) is 0 Å². The second-order valence-electron chi connectivity index (χ2n) is 8.86. The quantitative estimate of drug-likeness (QED) is 0.328. The molecule has 0 heterocycles. The molecule has 0 aliphatic rings. The SMILES string of the molecule is COc1cccc(CN(C(=O)CSCc2cccc(Cl)c2)[C@@H](Cc2ccccc2)C(=O)NC(C)C)c1. The molecule has 1 atom stereocenters. The largest absolute Gasteiger partial charge is 0.497 e. The fourth-order valence-electron chi connectivity index (χ4n) is 3.87. The van der Waals surface area contributed by atoms with Crippen LogP contribution in [0.3, 0.4) is 0 Å².